The van der Waals surface area contributed by atoms with Crippen molar-refractivity contribution in [1.29, 1.82) is 0 Å². The fourth-order valence-corrected chi connectivity index (χ4v) is 2.07. The van der Waals surface area contributed by atoms with E-state index in [9.17, 15) is 4.39 Å². The van der Waals surface area contributed by atoms with E-state index in [4.69, 9.17) is 5.73 Å². The Balaban J connectivity index is 2.52. The summed E-state index contributed by atoms with van der Waals surface area (Å²) in [4.78, 5) is 0. The van der Waals surface area contributed by atoms with Gasteiger partial charge in [0.15, 0.2) is 0 Å². The molecule has 2 N–H and O–H groups in total. The number of nitrogens with zero attached hydrogens (tertiary/aromatic N) is 2. The third-order valence-electron chi connectivity index (χ3n) is 3.07. The normalized spacial score (nSPS) is 10.8. The van der Waals surface area contributed by atoms with Crippen LogP contribution < -0.4 is 5.73 Å². The highest BCUT2D eigenvalue weighted by molar-refractivity contribution is 5.77. The summed E-state index contributed by atoms with van der Waals surface area (Å²) in [7, 11) is 1.79. The highest BCUT2D eigenvalue weighted by atomic mass is 19.1. The van der Waals surface area contributed by atoms with Crippen LogP contribution in [0.1, 0.15) is 25.5 Å². The maximum absolute atomic E-state index is 13.9. The summed E-state index contributed by atoms with van der Waals surface area (Å²) < 4.78 is 15.5. The first-order valence-corrected chi connectivity index (χ1v) is 6.21. The molecule has 1 aromatic heterocycles. The van der Waals surface area contributed by atoms with Gasteiger partial charge in [0.25, 0.3) is 0 Å². The molecule has 0 unspecified atom stereocenters. The SMILES string of the molecule is CCCCc1nn(C)c(N)c1-c1ccccc1F. The van der Waals surface area contributed by atoms with E-state index in [-0.39, 0.29) is 5.82 Å². The van der Waals surface area contributed by atoms with Crippen molar-refractivity contribution in [3.63, 3.8) is 0 Å². The van der Waals surface area contributed by atoms with Crippen molar-refractivity contribution in [2.75, 3.05) is 5.73 Å². The number of hydrogen-bond acceptors (Lipinski definition) is 2. The number of aromatic nitrogens is 2. The quantitative estimate of drug-likeness (QED) is 0.902. The highest BCUT2D eigenvalue weighted by Gasteiger charge is 2.17. The fraction of sp³-hybridized carbons (Fsp3) is 0.357. The fourth-order valence-electron chi connectivity index (χ4n) is 2.07. The number of hydrogen-bond donors (Lipinski definition) is 1. The molecule has 18 heavy (non-hydrogen) atoms. The van der Waals surface area contributed by atoms with Gasteiger partial charge in [-0.3, -0.25) is 4.68 Å². The average Bonchev–Trinajstić information content (AvgIpc) is 2.64. The van der Waals surface area contributed by atoms with E-state index in [2.05, 4.69) is 12.0 Å². The van der Waals surface area contributed by atoms with Gasteiger partial charge in [-0.15, -0.1) is 0 Å². The molecule has 1 heterocycles. The van der Waals surface area contributed by atoms with Gasteiger partial charge in [-0.2, -0.15) is 5.10 Å². The Labute approximate surface area is 106 Å². The molecule has 0 saturated carbocycles. The van der Waals surface area contributed by atoms with Gasteiger partial charge in [0.1, 0.15) is 11.6 Å². The number of rotatable bonds is 4. The molecule has 4 heteroatoms. The van der Waals surface area contributed by atoms with Crippen LogP contribution in [0.25, 0.3) is 11.1 Å². The summed E-state index contributed by atoms with van der Waals surface area (Å²) in [5, 5.41) is 4.39. The molecular formula is C14H18FN3. The van der Waals surface area contributed by atoms with Crippen LogP contribution in [0.4, 0.5) is 10.2 Å². The minimum atomic E-state index is -0.255. The zero-order valence-corrected chi connectivity index (χ0v) is 10.8. The zero-order valence-electron chi connectivity index (χ0n) is 10.8. The third-order valence-corrected chi connectivity index (χ3v) is 3.07. The van der Waals surface area contributed by atoms with Gasteiger partial charge in [0.2, 0.25) is 0 Å². The van der Waals surface area contributed by atoms with Crippen molar-refractivity contribution in [3.05, 3.63) is 35.8 Å². The summed E-state index contributed by atoms with van der Waals surface area (Å²) in [5.74, 6) is 0.265. The summed E-state index contributed by atoms with van der Waals surface area (Å²) in [6.07, 6.45) is 2.93. The first-order valence-electron chi connectivity index (χ1n) is 6.21. The van der Waals surface area contributed by atoms with Crippen molar-refractivity contribution in [2.24, 2.45) is 7.05 Å². The first kappa shape index (κ1) is 12.6. The second-order valence-electron chi connectivity index (χ2n) is 4.41. The number of benzene rings is 1. The van der Waals surface area contributed by atoms with E-state index in [1.807, 2.05) is 6.07 Å². The molecule has 0 aliphatic heterocycles. The molecule has 96 valence electrons. The van der Waals surface area contributed by atoms with E-state index < -0.39 is 0 Å². The number of nitrogen functional groups attached to an aromatic ring is 1. The molecule has 2 rings (SSSR count). The van der Waals surface area contributed by atoms with Crippen LogP contribution in [0.5, 0.6) is 0 Å². The lowest BCUT2D eigenvalue weighted by atomic mass is 10.0. The number of nitrogens with two attached hydrogens (primary N) is 1. The molecule has 0 fully saturated rings. The Bertz CT molecular complexity index is 546. The van der Waals surface area contributed by atoms with Crippen LogP contribution in [0.2, 0.25) is 0 Å². The Kier molecular flexibility index (Phi) is 3.65. The predicted octanol–water partition coefficient (Wildman–Crippen LogP) is 3.15. The highest BCUT2D eigenvalue weighted by Crippen LogP contribution is 2.31. The summed E-state index contributed by atoms with van der Waals surface area (Å²) >= 11 is 0. The van der Waals surface area contributed by atoms with Crippen LogP contribution in [0.3, 0.4) is 0 Å². The van der Waals surface area contributed by atoms with Crippen molar-refractivity contribution in [2.45, 2.75) is 26.2 Å². The van der Waals surface area contributed by atoms with E-state index >= 15 is 0 Å². The molecule has 0 radical (unpaired) electrons. The molecular weight excluding hydrogens is 229 g/mol. The smallest absolute Gasteiger partial charge is 0.131 e. The molecule has 0 spiro atoms. The summed E-state index contributed by atoms with van der Waals surface area (Å²) in [5.41, 5.74) is 8.16. The molecule has 2 aromatic rings. The number of anilines is 1. The molecule has 0 saturated heterocycles. The van der Waals surface area contributed by atoms with Crippen molar-refractivity contribution >= 4 is 5.82 Å². The Morgan fingerprint density at radius 1 is 1.33 bits per heavy atom. The second-order valence-corrected chi connectivity index (χ2v) is 4.41. The lowest BCUT2D eigenvalue weighted by Crippen LogP contribution is -1.98. The van der Waals surface area contributed by atoms with Crippen LogP contribution in [-0.2, 0) is 13.5 Å². The lowest BCUT2D eigenvalue weighted by molar-refractivity contribution is 0.631. The van der Waals surface area contributed by atoms with Gasteiger partial charge in [-0.25, -0.2) is 4.39 Å². The first-order chi connectivity index (χ1) is 8.65. The minimum Gasteiger partial charge on any atom is -0.383 e. The minimum absolute atomic E-state index is 0.255. The molecule has 0 bridgehead atoms. The van der Waals surface area contributed by atoms with Crippen LogP contribution in [0, 0.1) is 5.82 Å². The van der Waals surface area contributed by atoms with Gasteiger partial charge in [-0.05, 0) is 18.9 Å². The average molecular weight is 247 g/mol. The van der Waals surface area contributed by atoms with Gasteiger partial charge in [-0.1, -0.05) is 31.5 Å². The van der Waals surface area contributed by atoms with Crippen LogP contribution in [-0.4, -0.2) is 9.78 Å². The molecule has 0 amide bonds. The summed E-state index contributed by atoms with van der Waals surface area (Å²) in [6, 6.07) is 6.69. The topological polar surface area (TPSA) is 43.8 Å². The Morgan fingerprint density at radius 2 is 2.06 bits per heavy atom. The Hall–Kier alpha value is -1.84. The number of unbranched alkanes of at least 4 members (excludes halogenated alkanes) is 1. The number of aryl methyl sites for hydroxylation is 2. The van der Waals surface area contributed by atoms with E-state index in [1.54, 1.807) is 23.9 Å². The molecule has 1 aromatic carbocycles. The molecule has 0 atom stereocenters. The summed E-state index contributed by atoms with van der Waals surface area (Å²) in [6.45, 7) is 2.12. The third kappa shape index (κ3) is 2.23. The standard InChI is InChI=1S/C14H18FN3/c1-3-4-9-12-13(14(16)18(2)17-12)10-7-5-6-8-11(10)15/h5-8H,3-4,9,16H2,1-2H3. The second kappa shape index (κ2) is 5.21. The number of halogens is 1. The predicted molar refractivity (Wildman–Crippen MR) is 71.6 cm³/mol. The van der Waals surface area contributed by atoms with Crippen molar-refractivity contribution < 1.29 is 4.39 Å². The maximum Gasteiger partial charge on any atom is 0.131 e. The van der Waals surface area contributed by atoms with Gasteiger partial charge in [0.05, 0.1) is 5.69 Å². The largest absolute Gasteiger partial charge is 0.383 e. The van der Waals surface area contributed by atoms with Crippen molar-refractivity contribution in [3.8, 4) is 11.1 Å². The monoisotopic (exact) mass is 247 g/mol. The van der Waals surface area contributed by atoms with Gasteiger partial charge in [0, 0.05) is 18.2 Å². The van der Waals surface area contributed by atoms with Crippen molar-refractivity contribution in [1.82, 2.24) is 9.78 Å². The van der Waals surface area contributed by atoms with Crippen LogP contribution >= 0.6 is 0 Å². The lowest BCUT2D eigenvalue weighted by Gasteiger charge is -2.05. The van der Waals surface area contributed by atoms with E-state index in [0.29, 0.717) is 11.4 Å². The maximum atomic E-state index is 13.9. The van der Waals surface area contributed by atoms with Gasteiger partial charge >= 0.3 is 0 Å². The molecule has 3 nitrogen and oxygen atoms in total. The molecule has 0 aliphatic carbocycles. The van der Waals surface area contributed by atoms with E-state index in [1.165, 1.54) is 6.07 Å². The van der Waals surface area contributed by atoms with Gasteiger partial charge < -0.3 is 5.73 Å². The zero-order chi connectivity index (χ0) is 13.1. The van der Waals surface area contributed by atoms with Crippen LogP contribution in [0.15, 0.2) is 24.3 Å². The molecule has 0 aliphatic rings. The Morgan fingerprint density at radius 3 is 2.72 bits per heavy atom. The van der Waals surface area contributed by atoms with E-state index in [0.717, 1.165) is 30.5 Å².